The minimum absolute atomic E-state index is 0.0432. The molecule has 0 bridgehead atoms. The molecule has 0 fully saturated rings. The molecule has 0 spiro atoms. The number of nitrogens with one attached hydrogen (secondary N) is 1. The number of hydrogen-bond donors (Lipinski definition) is 1. The monoisotopic (exact) mass is 303 g/mol. The zero-order chi connectivity index (χ0) is 16.1. The minimum Gasteiger partial charge on any atom is -0.493 e. The van der Waals surface area contributed by atoms with Gasteiger partial charge in [-0.3, -0.25) is 9.48 Å². The smallest absolute Gasteiger partial charge is 0.228 e. The average molecular weight is 303 g/mol. The molecule has 6 nitrogen and oxygen atoms in total. The van der Waals surface area contributed by atoms with Gasteiger partial charge in [-0.2, -0.15) is 5.10 Å². The Morgan fingerprint density at radius 2 is 2.00 bits per heavy atom. The van der Waals surface area contributed by atoms with Crippen LogP contribution in [0.25, 0.3) is 0 Å². The van der Waals surface area contributed by atoms with Gasteiger partial charge in [-0.15, -0.1) is 0 Å². The van der Waals surface area contributed by atoms with Crippen molar-refractivity contribution in [1.29, 1.82) is 0 Å². The summed E-state index contributed by atoms with van der Waals surface area (Å²) in [7, 11) is 4.98. The summed E-state index contributed by atoms with van der Waals surface area (Å²) in [5, 5.41) is 6.89. The summed E-state index contributed by atoms with van der Waals surface area (Å²) < 4.78 is 12.1. The summed E-state index contributed by atoms with van der Waals surface area (Å²) in [6.07, 6.45) is 2.26. The second-order valence-corrected chi connectivity index (χ2v) is 5.12. The van der Waals surface area contributed by atoms with E-state index in [-0.39, 0.29) is 11.8 Å². The molecule has 1 atom stereocenters. The van der Waals surface area contributed by atoms with Gasteiger partial charge in [-0.1, -0.05) is 13.0 Å². The topological polar surface area (TPSA) is 65.4 Å². The Balaban J connectivity index is 2.03. The number of aryl methyl sites for hydroxylation is 1. The molecule has 1 unspecified atom stereocenters. The predicted octanol–water partition coefficient (Wildman–Crippen LogP) is 2.25. The maximum atomic E-state index is 12.2. The molecule has 1 N–H and O–H groups in total. The number of hydrogen-bond acceptors (Lipinski definition) is 4. The van der Waals surface area contributed by atoms with Crippen molar-refractivity contribution >= 4 is 11.7 Å². The number of amides is 1. The van der Waals surface area contributed by atoms with Crippen LogP contribution in [0, 0.1) is 5.92 Å². The average Bonchev–Trinajstić information content (AvgIpc) is 2.92. The fourth-order valence-corrected chi connectivity index (χ4v) is 2.20. The lowest BCUT2D eigenvalue weighted by molar-refractivity contribution is -0.119. The standard InChI is InChI=1S/C16H21N3O3/c1-11(16(20)18-15-7-8-17-19(15)2)9-12-5-6-13(21-3)14(10-12)22-4/h5-8,10-11H,9H2,1-4H3,(H,18,20). The molecular weight excluding hydrogens is 282 g/mol. The van der Waals surface area contributed by atoms with E-state index in [4.69, 9.17) is 9.47 Å². The third-order valence-electron chi connectivity index (χ3n) is 3.51. The van der Waals surface area contributed by atoms with E-state index in [2.05, 4.69) is 10.4 Å². The van der Waals surface area contributed by atoms with Crippen LogP contribution in [0.3, 0.4) is 0 Å². The maximum Gasteiger partial charge on any atom is 0.228 e. The molecule has 2 aromatic rings. The van der Waals surface area contributed by atoms with Gasteiger partial charge in [0.15, 0.2) is 11.5 Å². The second-order valence-electron chi connectivity index (χ2n) is 5.12. The van der Waals surface area contributed by atoms with Crippen LogP contribution < -0.4 is 14.8 Å². The Kier molecular flexibility index (Phi) is 5.04. The first-order chi connectivity index (χ1) is 10.5. The van der Waals surface area contributed by atoms with E-state index < -0.39 is 0 Å². The van der Waals surface area contributed by atoms with Crippen LogP contribution in [0.2, 0.25) is 0 Å². The first kappa shape index (κ1) is 15.9. The van der Waals surface area contributed by atoms with Crippen LogP contribution in [-0.4, -0.2) is 29.9 Å². The number of carbonyl (C=O) groups excluding carboxylic acids is 1. The van der Waals surface area contributed by atoms with Gasteiger partial charge in [0, 0.05) is 19.0 Å². The number of nitrogens with zero attached hydrogens (tertiary/aromatic N) is 2. The van der Waals surface area contributed by atoms with E-state index >= 15 is 0 Å². The Bertz CT molecular complexity index is 652. The number of benzene rings is 1. The molecule has 22 heavy (non-hydrogen) atoms. The van der Waals surface area contributed by atoms with Crippen molar-refractivity contribution in [1.82, 2.24) is 9.78 Å². The van der Waals surface area contributed by atoms with Gasteiger partial charge < -0.3 is 14.8 Å². The summed E-state index contributed by atoms with van der Waals surface area (Å²) in [6.45, 7) is 1.89. The molecule has 118 valence electrons. The van der Waals surface area contributed by atoms with E-state index in [1.165, 1.54) is 0 Å². The van der Waals surface area contributed by atoms with Gasteiger partial charge in [0.2, 0.25) is 5.91 Å². The van der Waals surface area contributed by atoms with Gasteiger partial charge in [0.25, 0.3) is 0 Å². The molecule has 0 radical (unpaired) electrons. The summed E-state index contributed by atoms with van der Waals surface area (Å²) >= 11 is 0. The van der Waals surface area contributed by atoms with Crippen molar-refractivity contribution in [2.75, 3.05) is 19.5 Å². The Labute approximate surface area is 130 Å². The van der Waals surface area contributed by atoms with Crippen molar-refractivity contribution in [3.63, 3.8) is 0 Å². The van der Waals surface area contributed by atoms with Crippen molar-refractivity contribution in [3.05, 3.63) is 36.0 Å². The second kappa shape index (κ2) is 6.98. The van der Waals surface area contributed by atoms with E-state index in [1.807, 2.05) is 25.1 Å². The number of anilines is 1. The molecule has 0 aliphatic heterocycles. The minimum atomic E-state index is -0.173. The lowest BCUT2D eigenvalue weighted by atomic mass is 10.00. The quantitative estimate of drug-likeness (QED) is 0.889. The lowest BCUT2D eigenvalue weighted by Crippen LogP contribution is -2.23. The molecule has 1 heterocycles. The van der Waals surface area contributed by atoms with Crippen LogP contribution in [0.1, 0.15) is 12.5 Å². The SMILES string of the molecule is COc1ccc(CC(C)C(=O)Nc2ccnn2C)cc1OC. The summed E-state index contributed by atoms with van der Waals surface area (Å²) in [6, 6.07) is 7.45. The van der Waals surface area contributed by atoms with Crippen LogP contribution >= 0.6 is 0 Å². The number of methoxy groups -OCH3 is 2. The Hall–Kier alpha value is -2.50. The van der Waals surface area contributed by atoms with Crippen molar-refractivity contribution in [2.45, 2.75) is 13.3 Å². The van der Waals surface area contributed by atoms with E-state index in [0.717, 1.165) is 5.56 Å². The highest BCUT2D eigenvalue weighted by Gasteiger charge is 2.16. The van der Waals surface area contributed by atoms with Crippen molar-refractivity contribution < 1.29 is 14.3 Å². The fraction of sp³-hybridized carbons (Fsp3) is 0.375. The van der Waals surface area contributed by atoms with E-state index in [9.17, 15) is 4.79 Å². The molecule has 0 saturated heterocycles. The fourth-order valence-electron chi connectivity index (χ4n) is 2.20. The normalized spacial score (nSPS) is 11.8. The molecule has 0 aliphatic rings. The van der Waals surface area contributed by atoms with Crippen LogP contribution in [0.4, 0.5) is 5.82 Å². The maximum absolute atomic E-state index is 12.2. The summed E-state index contributed by atoms with van der Waals surface area (Å²) in [5.74, 6) is 1.81. The molecule has 6 heteroatoms. The Morgan fingerprint density at radius 1 is 1.27 bits per heavy atom. The summed E-state index contributed by atoms with van der Waals surface area (Å²) in [4.78, 5) is 12.2. The molecule has 1 aromatic heterocycles. The molecular formula is C16H21N3O3. The van der Waals surface area contributed by atoms with Gasteiger partial charge in [-0.25, -0.2) is 0 Å². The third-order valence-corrected chi connectivity index (χ3v) is 3.51. The highest BCUT2D eigenvalue weighted by Crippen LogP contribution is 2.28. The number of carbonyl (C=O) groups is 1. The van der Waals surface area contributed by atoms with Crippen LogP contribution in [0.5, 0.6) is 11.5 Å². The third kappa shape index (κ3) is 3.58. The first-order valence-electron chi connectivity index (χ1n) is 7.05. The highest BCUT2D eigenvalue weighted by molar-refractivity contribution is 5.91. The van der Waals surface area contributed by atoms with Gasteiger partial charge in [0.05, 0.1) is 20.4 Å². The van der Waals surface area contributed by atoms with Crippen molar-refractivity contribution in [2.24, 2.45) is 13.0 Å². The molecule has 1 amide bonds. The van der Waals surface area contributed by atoms with Crippen LogP contribution in [0.15, 0.2) is 30.5 Å². The van der Waals surface area contributed by atoms with E-state index in [1.54, 1.807) is 38.2 Å². The van der Waals surface area contributed by atoms with Gasteiger partial charge in [0.1, 0.15) is 5.82 Å². The summed E-state index contributed by atoms with van der Waals surface area (Å²) in [5.41, 5.74) is 1.02. The lowest BCUT2D eigenvalue weighted by Gasteiger charge is -2.14. The van der Waals surface area contributed by atoms with Gasteiger partial charge in [-0.05, 0) is 24.1 Å². The Morgan fingerprint density at radius 3 is 2.59 bits per heavy atom. The van der Waals surface area contributed by atoms with Gasteiger partial charge >= 0.3 is 0 Å². The van der Waals surface area contributed by atoms with E-state index in [0.29, 0.717) is 23.7 Å². The first-order valence-corrected chi connectivity index (χ1v) is 7.05. The number of rotatable bonds is 6. The number of ether oxygens (including phenoxy) is 2. The molecule has 2 rings (SSSR count). The molecule has 0 aliphatic carbocycles. The van der Waals surface area contributed by atoms with Crippen LogP contribution in [-0.2, 0) is 18.3 Å². The predicted molar refractivity (Wildman–Crippen MR) is 84.3 cm³/mol. The molecule has 1 aromatic carbocycles. The largest absolute Gasteiger partial charge is 0.493 e. The van der Waals surface area contributed by atoms with Crippen molar-refractivity contribution in [3.8, 4) is 11.5 Å². The zero-order valence-electron chi connectivity index (χ0n) is 13.3. The highest BCUT2D eigenvalue weighted by atomic mass is 16.5. The molecule has 0 saturated carbocycles. The zero-order valence-corrected chi connectivity index (χ0v) is 13.3. The number of aromatic nitrogens is 2.